The Morgan fingerprint density at radius 3 is 1.85 bits per heavy atom. The van der Waals surface area contributed by atoms with Crippen molar-refractivity contribution in [1.82, 2.24) is 0 Å². The molecule has 0 amide bonds. The molecule has 1 aliphatic heterocycles. The van der Waals surface area contributed by atoms with Gasteiger partial charge >= 0.3 is 11.9 Å². The van der Waals surface area contributed by atoms with E-state index in [0.717, 1.165) is 77.0 Å². The maximum absolute atomic E-state index is 12.7. The zero-order valence-electron chi connectivity index (χ0n) is 29.7. The Morgan fingerprint density at radius 1 is 0.667 bits per heavy atom. The highest BCUT2D eigenvalue weighted by Crippen LogP contribution is 2.22. The van der Waals surface area contributed by atoms with Crippen LogP contribution in [-0.4, -0.2) is 89.0 Å². The average molecular weight is 683 g/mol. The van der Waals surface area contributed by atoms with Crippen LogP contribution in [0.25, 0.3) is 0 Å². The van der Waals surface area contributed by atoms with Crippen LogP contribution in [-0.2, 0) is 28.5 Å². The average Bonchev–Trinajstić information content (AvgIpc) is 3.08. The van der Waals surface area contributed by atoms with E-state index in [1.807, 2.05) is 0 Å². The second kappa shape index (κ2) is 29.8. The molecule has 48 heavy (non-hydrogen) atoms. The van der Waals surface area contributed by atoms with E-state index in [4.69, 9.17) is 18.9 Å². The second-order valence-electron chi connectivity index (χ2n) is 12.7. The lowest BCUT2D eigenvalue weighted by molar-refractivity contribution is -0.305. The molecule has 1 aliphatic rings. The van der Waals surface area contributed by atoms with Gasteiger partial charge < -0.3 is 39.4 Å². The Labute approximate surface area is 289 Å². The topological polar surface area (TPSA) is 152 Å². The van der Waals surface area contributed by atoms with Crippen LogP contribution in [0.2, 0.25) is 0 Å². The van der Waals surface area contributed by atoms with Crippen LogP contribution in [0.3, 0.4) is 0 Å². The number of unbranched alkanes of at least 4 members (excludes halogenated alkanes) is 12. The largest absolute Gasteiger partial charge is 0.462 e. The molecule has 0 aromatic rings. The first kappa shape index (κ1) is 43.9. The van der Waals surface area contributed by atoms with Gasteiger partial charge in [0, 0.05) is 12.8 Å². The fraction of sp³-hybridized carbons (Fsp3) is 0.789. The lowest BCUT2D eigenvalue weighted by atomic mass is 9.99. The van der Waals surface area contributed by atoms with Gasteiger partial charge in [-0.2, -0.15) is 0 Å². The molecule has 1 fully saturated rings. The van der Waals surface area contributed by atoms with Crippen molar-refractivity contribution < 1.29 is 49.0 Å². The van der Waals surface area contributed by atoms with Crippen molar-refractivity contribution in [2.45, 2.75) is 173 Å². The molecule has 0 bridgehead atoms. The predicted octanol–water partition coefficient (Wildman–Crippen LogP) is 6.38. The normalized spacial score (nSPS) is 22.2. The number of aliphatic hydroxyl groups excluding tert-OH is 4. The first-order chi connectivity index (χ1) is 23.3. The SMILES string of the molecule is CC/C=C\C/C=C\C/C=C\CCCCCCCC(=O)OC(COC(=O)CCCCCCCCCC)COC1OC(CO)C(O)C(O)C1O. The number of ether oxygens (including phenoxy) is 4. The lowest BCUT2D eigenvalue weighted by Crippen LogP contribution is -2.59. The standard InChI is InChI=1S/C38H66O10/c1-3-5-7-9-11-13-14-15-16-17-18-19-21-23-25-27-34(41)47-31(29-45-33(40)26-24-22-20-12-10-8-6-4-2)30-46-38-37(44)36(43)35(42)32(28-39)48-38/h5,7,11,13,15-16,31-32,35-39,42-44H,3-4,6,8-10,12,14,17-30H2,1-2H3/b7-5-,13-11-,16-15-. The molecule has 1 rings (SSSR count). The maximum Gasteiger partial charge on any atom is 0.306 e. The third-order valence-corrected chi connectivity index (χ3v) is 8.29. The highest BCUT2D eigenvalue weighted by atomic mass is 16.7. The van der Waals surface area contributed by atoms with Crippen LogP contribution < -0.4 is 0 Å². The van der Waals surface area contributed by atoms with E-state index in [1.54, 1.807) is 0 Å². The van der Waals surface area contributed by atoms with Crippen LogP contribution in [0.5, 0.6) is 0 Å². The first-order valence-corrected chi connectivity index (χ1v) is 18.6. The lowest BCUT2D eigenvalue weighted by Gasteiger charge is -2.39. The van der Waals surface area contributed by atoms with Gasteiger partial charge in [-0.3, -0.25) is 9.59 Å². The van der Waals surface area contributed by atoms with Gasteiger partial charge in [0.15, 0.2) is 12.4 Å². The minimum Gasteiger partial charge on any atom is -0.462 e. The van der Waals surface area contributed by atoms with Crippen LogP contribution in [0, 0.1) is 0 Å². The van der Waals surface area contributed by atoms with E-state index < -0.39 is 49.4 Å². The second-order valence-corrected chi connectivity index (χ2v) is 12.7. The zero-order chi connectivity index (χ0) is 35.2. The molecule has 0 radical (unpaired) electrons. The quantitative estimate of drug-likeness (QED) is 0.0397. The summed E-state index contributed by atoms with van der Waals surface area (Å²) in [5.74, 6) is -0.835. The summed E-state index contributed by atoms with van der Waals surface area (Å²) in [6.07, 6.45) is 23.1. The predicted molar refractivity (Wildman–Crippen MR) is 187 cm³/mol. The molecule has 0 saturated carbocycles. The number of esters is 2. The number of hydrogen-bond acceptors (Lipinski definition) is 10. The molecule has 6 atom stereocenters. The minimum atomic E-state index is -1.59. The van der Waals surface area contributed by atoms with Gasteiger partial charge in [0.05, 0.1) is 13.2 Å². The summed E-state index contributed by atoms with van der Waals surface area (Å²) in [5, 5.41) is 39.8. The van der Waals surface area contributed by atoms with Crippen LogP contribution >= 0.6 is 0 Å². The van der Waals surface area contributed by atoms with Gasteiger partial charge in [-0.05, 0) is 44.9 Å². The Morgan fingerprint density at radius 2 is 1.23 bits per heavy atom. The van der Waals surface area contributed by atoms with Crippen molar-refractivity contribution in [3.63, 3.8) is 0 Å². The third kappa shape index (κ3) is 21.8. The molecule has 10 nitrogen and oxygen atoms in total. The highest BCUT2D eigenvalue weighted by molar-refractivity contribution is 5.70. The van der Waals surface area contributed by atoms with E-state index >= 15 is 0 Å². The molecule has 278 valence electrons. The number of aliphatic hydroxyl groups is 4. The molecule has 6 unspecified atom stereocenters. The fourth-order valence-electron chi connectivity index (χ4n) is 5.32. The Hall–Kier alpha value is -2.08. The van der Waals surface area contributed by atoms with Crippen molar-refractivity contribution >= 4 is 11.9 Å². The third-order valence-electron chi connectivity index (χ3n) is 8.29. The Kier molecular flexibility index (Phi) is 27.3. The summed E-state index contributed by atoms with van der Waals surface area (Å²) in [7, 11) is 0. The number of hydrogen-bond donors (Lipinski definition) is 4. The van der Waals surface area contributed by atoms with Crippen LogP contribution in [0.1, 0.15) is 136 Å². The molecule has 4 N–H and O–H groups in total. The number of rotatable bonds is 29. The number of carbonyl (C=O) groups is 2. The molecule has 10 heteroatoms. The van der Waals surface area contributed by atoms with Gasteiger partial charge in [-0.1, -0.05) is 115 Å². The molecule has 0 aliphatic carbocycles. The first-order valence-electron chi connectivity index (χ1n) is 18.6. The van der Waals surface area contributed by atoms with Gasteiger partial charge in [0.25, 0.3) is 0 Å². The van der Waals surface area contributed by atoms with E-state index in [1.165, 1.54) is 25.7 Å². The summed E-state index contributed by atoms with van der Waals surface area (Å²) < 4.78 is 22.0. The van der Waals surface area contributed by atoms with Gasteiger partial charge in [0.2, 0.25) is 0 Å². The van der Waals surface area contributed by atoms with E-state index in [-0.39, 0.29) is 32.0 Å². The van der Waals surface area contributed by atoms with Crippen molar-refractivity contribution in [3.8, 4) is 0 Å². The highest BCUT2D eigenvalue weighted by Gasteiger charge is 2.44. The number of allylic oxidation sites excluding steroid dienone is 6. The van der Waals surface area contributed by atoms with E-state index in [0.29, 0.717) is 6.42 Å². The molecular weight excluding hydrogens is 616 g/mol. The summed E-state index contributed by atoms with van der Waals surface area (Å²) in [4.78, 5) is 25.0. The van der Waals surface area contributed by atoms with Crippen LogP contribution in [0.4, 0.5) is 0 Å². The summed E-state index contributed by atoms with van der Waals surface area (Å²) in [6.45, 7) is 3.23. The van der Waals surface area contributed by atoms with E-state index in [2.05, 4.69) is 50.3 Å². The molecule has 0 aromatic heterocycles. The molecule has 1 heterocycles. The van der Waals surface area contributed by atoms with Gasteiger partial charge in [-0.15, -0.1) is 0 Å². The molecule has 0 spiro atoms. The van der Waals surface area contributed by atoms with Gasteiger partial charge in [-0.25, -0.2) is 0 Å². The molecule has 0 aromatic carbocycles. The zero-order valence-corrected chi connectivity index (χ0v) is 29.7. The maximum atomic E-state index is 12.7. The molecule has 1 saturated heterocycles. The Bertz CT molecular complexity index is 887. The smallest absolute Gasteiger partial charge is 0.306 e. The van der Waals surface area contributed by atoms with Crippen LogP contribution in [0.15, 0.2) is 36.5 Å². The monoisotopic (exact) mass is 682 g/mol. The van der Waals surface area contributed by atoms with Gasteiger partial charge in [0.1, 0.15) is 31.0 Å². The summed E-state index contributed by atoms with van der Waals surface area (Å²) in [6, 6.07) is 0. The van der Waals surface area contributed by atoms with Crippen molar-refractivity contribution in [3.05, 3.63) is 36.5 Å². The van der Waals surface area contributed by atoms with Crippen molar-refractivity contribution in [2.75, 3.05) is 19.8 Å². The fourth-order valence-corrected chi connectivity index (χ4v) is 5.32. The van der Waals surface area contributed by atoms with Crippen molar-refractivity contribution in [2.24, 2.45) is 0 Å². The van der Waals surface area contributed by atoms with E-state index in [9.17, 15) is 30.0 Å². The summed E-state index contributed by atoms with van der Waals surface area (Å²) >= 11 is 0. The number of carbonyl (C=O) groups excluding carboxylic acids is 2. The molecular formula is C38H66O10. The summed E-state index contributed by atoms with van der Waals surface area (Å²) in [5.41, 5.74) is 0. The Balaban J connectivity index is 2.42. The van der Waals surface area contributed by atoms with Crippen molar-refractivity contribution in [1.29, 1.82) is 0 Å². The minimum absolute atomic E-state index is 0.211.